The van der Waals surface area contributed by atoms with Crippen molar-refractivity contribution in [1.82, 2.24) is 19.1 Å². The second-order valence-electron chi connectivity index (χ2n) is 8.13. The highest BCUT2D eigenvalue weighted by Crippen LogP contribution is 2.04. The van der Waals surface area contributed by atoms with Crippen molar-refractivity contribution in [3.8, 4) is 0 Å². The Bertz CT molecular complexity index is 1150. The van der Waals surface area contributed by atoms with Gasteiger partial charge in [0.25, 0.3) is 11.1 Å². The molecule has 13 nitrogen and oxygen atoms in total. The van der Waals surface area contributed by atoms with Gasteiger partial charge >= 0.3 is 11.4 Å². The van der Waals surface area contributed by atoms with E-state index >= 15 is 0 Å². The fraction of sp³-hybridized carbons (Fsp3) is 0.636. The number of aryl methyl sites for hydroxylation is 4. The van der Waals surface area contributed by atoms with E-state index in [1.165, 1.54) is 21.5 Å². The van der Waals surface area contributed by atoms with Crippen LogP contribution < -0.4 is 28.2 Å². The zero-order chi connectivity index (χ0) is 25.8. The number of nitrogens with one attached hydrogen (secondary N) is 2. The molecule has 35 heavy (non-hydrogen) atoms. The Morgan fingerprint density at radius 2 is 1.37 bits per heavy atom. The minimum absolute atomic E-state index is 0.128. The highest BCUT2D eigenvalue weighted by molar-refractivity contribution is 5.01. The third kappa shape index (κ3) is 9.38. The van der Waals surface area contributed by atoms with Gasteiger partial charge < -0.3 is 34.2 Å². The maximum absolute atomic E-state index is 11.9. The summed E-state index contributed by atoms with van der Waals surface area (Å²) in [6, 6.07) is 0. The van der Waals surface area contributed by atoms with Gasteiger partial charge in [-0.3, -0.25) is 19.6 Å². The number of aromatic nitrogens is 4. The van der Waals surface area contributed by atoms with E-state index in [9.17, 15) is 19.2 Å². The molecule has 0 fully saturated rings. The summed E-state index contributed by atoms with van der Waals surface area (Å²) in [6.45, 7) is 4.90. The first-order valence-corrected chi connectivity index (χ1v) is 11.5. The molecule has 0 saturated heterocycles. The van der Waals surface area contributed by atoms with Gasteiger partial charge in [-0.05, 0) is 26.7 Å². The van der Waals surface area contributed by atoms with Crippen LogP contribution in [-0.4, -0.2) is 76.0 Å². The maximum Gasteiger partial charge on any atom is 0.328 e. The zero-order valence-electron chi connectivity index (χ0n) is 20.2. The molecule has 13 heteroatoms. The Labute approximate surface area is 201 Å². The van der Waals surface area contributed by atoms with Crippen LogP contribution in [0.4, 0.5) is 0 Å². The van der Waals surface area contributed by atoms with Crippen LogP contribution in [0.3, 0.4) is 0 Å². The van der Waals surface area contributed by atoms with Gasteiger partial charge in [-0.25, -0.2) is 9.59 Å². The summed E-state index contributed by atoms with van der Waals surface area (Å²) in [4.78, 5) is 51.3. The average Bonchev–Trinajstić information content (AvgIpc) is 2.82. The smallest absolute Gasteiger partial charge is 0.328 e. The molecular formula is C22H35N5O8. The third-order valence-corrected chi connectivity index (χ3v) is 5.35. The lowest BCUT2D eigenvalue weighted by Gasteiger charge is -2.19. The van der Waals surface area contributed by atoms with Gasteiger partial charge in [-0.2, -0.15) is 0 Å². The Balaban J connectivity index is 1.76. The van der Waals surface area contributed by atoms with Gasteiger partial charge in [0, 0.05) is 43.2 Å². The number of rotatable bonds is 16. The molecule has 2 aromatic heterocycles. The number of hydrogen-bond donors (Lipinski definition) is 4. The van der Waals surface area contributed by atoms with E-state index in [-0.39, 0.29) is 51.8 Å². The van der Waals surface area contributed by atoms with Crippen molar-refractivity contribution in [2.24, 2.45) is 5.73 Å². The lowest BCUT2D eigenvalue weighted by atomic mass is 10.2. The van der Waals surface area contributed by atoms with Crippen LogP contribution in [0.1, 0.15) is 24.0 Å². The van der Waals surface area contributed by atoms with Crippen molar-refractivity contribution < 1.29 is 19.3 Å². The monoisotopic (exact) mass is 497 g/mol. The number of H-pyrrole nitrogens is 2. The molecule has 2 aromatic rings. The summed E-state index contributed by atoms with van der Waals surface area (Å²) < 4.78 is 19.8. The average molecular weight is 498 g/mol. The molecule has 0 bridgehead atoms. The van der Waals surface area contributed by atoms with Crippen molar-refractivity contribution in [1.29, 1.82) is 0 Å². The molecule has 2 atom stereocenters. The van der Waals surface area contributed by atoms with Gasteiger partial charge in [0.05, 0.1) is 45.2 Å². The second-order valence-corrected chi connectivity index (χ2v) is 8.13. The van der Waals surface area contributed by atoms with E-state index in [0.29, 0.717) is 37.1 Å². The molecule has 0 spiro atoms. The highest BCUT2D eigenvalue weighted by Gasteiger charge is 2.13. The molecule has 0 radical (unpaired) electrons. The Hall–Kier alpha value is -2.84. The quantitative estimate of drug-likeness (QED) is 0.195. The summed E-state index contributed by atoms with van der Waals surface area (Å²) in [6.07, 6.45) is 3.25. The van der Waals surface area contributed by atoms with Gasteiger partial charge in [-0.1, -0.05) is 0 Å². The first-order valence-electron chi connectivity index (χ1n) is 11.5. The van der Waals surface area contributed by atoms with Crippen molar-refractivity contribution in [2.45, 2.75) is 52.0 Å². The number of hydrogen-bond acceptors (Lipinski definition) is 9. The minimum Gasteiger partial charge on any atom is -0.394 e. The van der Waals surface area contributed by atoms with E-state index < -0.39 is 22.5 Å². The van der Waals surface area contributed by atoms with E-state index in [0.717, 1.165) is 0 Å². The normalized spacial score (nSPS) is 13.1. The van der Waals surface area contributed by atoms with Crippen molar-refractivity contribution >= 4 is 0 Å². The number of nitrogens with two attached hydrogens (primary N) is 1. The maximum atomic E-state index is 11.9. The number of aromatic amines is 2. The van der Waals surface area contributed by atoms with Crippen molar-refractivity contribution in [3.05, 3.63) is 65.2 Å². The topological polar surface area (TPSA) is 184 Å². The highest BCUT2D eigenvalue weighted by atomic mass is 16.6. The SMILES string of the molecule is Cc1cn(CC[C@@H](CN)OCCOC[C@H](CCn2cc(C)c(=O)[nH]c2=O)OCCO)c(=O)[nH]c1=O. The van der Waals surface area contributed by atoms with Gasteiger partial charge in [0.1, 0.15) is 0 Å². The molecule has 0 aliphatic rings. The van der Waals surface area contributed by atoms with E-state index in [1.54, 1.807) is 13.8 Å². The zero-order valence-corrected chi connectivity index (χ0v) is 20.2. The van der Waals surface area contributed by atoms with Crippen LogP contribution in [0.5, 0.6) is 0 Å². The lowest BCUT2D eigenvalue weighted by molar-refractivity contribution is -0.0520. The van der Waals surface area contributed by atoms with Crippen LogP contribution in [0.2, 0.25) is 0 Å². The summed E-state index contributed by atoms with van der Waals surface area (Å²) in [5.74, 6) is 0. The number of nitrogens with zero attached hydrogens (tertiary/aromatic N) is 2. The standard InChI is InChI=1S/C22H35N5O8/c1-15-12-26(21(31)24-19(15)29)5-3-17(11-23)35-10-9-33-14-18(34-8-7-28)4-6-27-13-16(2)20(30)25-22(27)32/h12-13,17-18,28H,3-11,14,23H2,1-2H3,(H,24,29,31)(H,25,30,32)/t17-,18-/m0/s1. The summed E-state index contributed by atoms with van der Waals surface area (Å²) in [7, 11) is 0. The number of aliphatic hydroxyl groups is 1. The van der Waals surface area contributed by atoms with Gasteiger partial charge in [0.2, 0.25) is 0 Å². The first kappa shape index (κ1) is 28.4. The van der Waals surface area contributed by atoms with E-state index in [2.05, 4.69) is 9.97 Å². The molecule has 0 aromatic carbocycles. The first-order chi connectivity index (χ1) is 16.7. The molecule has 0 unspecified atom stereocenters. The van der Waals surface area contributed by atoms with E-state index in [4.69, 9.17) is 25.1 Å². The molecular weight excluding hydrogens is 462 g/mol. The number of aliphatic hydroxyl groups excluding tert-OH is 1. The van der Waals surface area contributed by atoms with Gasteiger partial charge in [0.15, 0.2) is 0 Å². The second kappa shape index (κ2) is 14.5. The largest absolute Gasteiger partial charge is 0.394 e. The summed E-state index contributed by atoms with van der Waals surface area (Å²) >= 11 is 0. The van der Waals surface area contributed by atoms with Crippen LogP contribution in [0.25, 0.3) is 0 Å². The Morgan fingerprint density at radius 3 is 1.89 bits per heavy atom. The third-order valence-electron chi connectivity index (χ3n) is 5.35. The predicted molar refractivity (Wildman–Crippen MR) is 128 cm³/mol. The van der Waals surface area contributed by atoms with Crippen molar-refractivity contribution in [2.75, 3.05) is 39.6 Å². The molecule has 0 saturated carbocycles. The van der Waals surface area contributed by atoms with Crippen LogP contribution in [0, 0.1) is 13.8 Å². The van der Waals surface area contributed by atoms with Gasteiger partial charge in [-0.15, -0.1) is 0 Å². The fourth-order valence-electron chi connectivity index (χ4n) is 3.33. The molecule has 5 N–H and O–H groups in total. The van der Waals surface area contributed by atoms with E-state index in [1.807, 2.05) is 0 Å². The lowest BCUT2D eigenvalue weighted by Crippen LogP contribution is -2.33. The molecule has 2 heterocycles. The molecule has 2 rings (SSSR count). The molecule has 0 amide bonds. The van der Waals surface area contributed by atoms with Crippen molar-refractivity contribution in [3.63, 3.8) is 0 Å². The van der Waals surface area contributed by atoms with Crippen LogP contribution in [0.15, 0.2) is 31.6 Å². The summed E-state index contributed by atoms with van der Waals surface area (Å²) in [5, 5.41) is 9.06. The predicted octanol–water partition coefficient (Wildman–Crippen LogP) is -1.78. The fourth-order valence-corrected chi connectivity index (χ4v) is 3.33. The molecule has 196 valence electrons. The molecule has 0 aliphatic heterocycles. The van der Waals surface area contributed by atoms with Crippen LogP contribution >= 0.6 is 0 Å². The Kier molecular flexibility index (Phi) is 11.8. The number of ether oxygens (including phenoxy) is 3. The Morgan fingerprint density at radius 1 is 0.857 bits per heavy atom. The summed E-state index contributed by atoms with van der Waals surface area (Å²) in [5.41, 5.74) is 4.85. The van der Waals surface area contributed by atoms with Crippen LogP contribution in [-0.2, 0) is 27.3 Å². The minimum atomic E-state index is -0.497. The molecule has 0 aliphatic carbocycles.